The van der Waals surface area contributed by atoms with Gasteiger partial charge in [-0.3, -0.25) is 0 Å². The van der Waals surface area contributed by atoms with E-state index in [0.29, 0.717) is 33.7 Å². The van der Waals surface area contributed by atoms with Crippen LogP contribution in [0.15, 0.2) is 12.1 Å². The predicted molar refractivity (Wildman–Crippen MR) is 89.1 cm³/mol. The third-order valence-electron chi connectivity index (χ3n) is 3.10. The number of hydrogen-bond donors (Lipinski definition) is 2. The van der Waals surface area contributed by atoms with E-state index in [2.05, 4.69) is 10.3 Å². The molecule has 2 rings (SSSR count). The summed E-state index contributed by atoms with van der Waals surface area (Å²) in [5, 5.41) is 13.5. The summed E-state index contributed by atoms with van der Waals surface area (Å²) < 4.78 is 5.30. The molecule has 0 aliphatic carbocycles. The quantitative estimate of drug-likeness (QED) is 0.809. The lowest BCUT2D eigenvalue weighted by Gasteiger charge is -2.11. The first-order valence-corrected chi connectivity index (χ1v) is 7.99. The number of aromatic carboxylic acids is 1. The minimum absolute atomic E-state index is 0.272. The Bertz CT molecular complexity index is 700. The molecule has 0 amide bonds. The van der Waals surface area contributed by atoms with Gasteiger partial charge in [0.1, 0.15) is 10.6 Å². The van der Waals surface area contributed by atoms with Gasteiger partial charge < -0.3 is 15.2 Å². The average Bonchev–Trinajstić information content (AvgIpc) is 2.86. The minimum Gasteiger partial charge on any atom is -0.495 e. The Morgan fingerprint density at radius 2 is 2.23 bits per heavy atom. The number of rotatable bonds is 6. The first kappa shape index (κ1) is 16.6. The van der Waals surface area contributed by atoms with Gasteiger partial charge in [-0.05, 0) is 25.0 Å². The lowest BCUT2D eigenvalue weighted by molar-refractivity contribution is 0.0700. The van der Waals surface area contributed by atoms with Crippen molar-refractivity contribution >= 4 is 39.7 Å². The number of nitrogens with zero attached hydrogens (tertiary/aromatic N) is 1. The molecule has 0 saturated heterocycles. The van der Waals surface area contributed by atoms with Gasteiger partial charge in [-0.25, -0.2) is 9.78 Å². The molecule has 2 N–H and O–H groups in total. The fraction of sp³-hybridized carbons (Fsp3) is 0.333. The van der Waals surface area contributed by atoms with Crippen LogP contribution in [0.1, 0.15) is 34.3 Å². The van der Waals surface area contributed by atoms with Crippen molar-refractivity contribution in [1.82, 2.24) is 4.98 Å². The molecule has 0 unspecified atom stereocenters. The average molecular weight is 341 g/mol. The van der Waals surface area contributed by atoms with Crippen molar-refractivity contribution in [2.75, 3.05) is 12.4 Å². The van der Waals surface area contributed by atoms with Gasteiger partial charge in [-0.15, -0.1) is 0 Å². The molecule has 0 radical (unpaired) electrons. The van der Waals surface area contributed by atoms with Crippen molar-refractivity contribution in [1.29, 1.82) is 0 Å². The van der Waals surface area contributed by atoms with Crippen molar-refractivity contribution in [3.05, 3.63) is 33.3 Å². The van der Waals surface area contributed by atoms with E-state index in [0.717, 1.165) is 23.3 Å². The lowest BCUT2D eigenvalue weighted by Crippen LogP contribution is -1.98. The van der Waals surface area contributed by atoms with Crippen LogP contribution in [0, 0.1) is 6.92 Å². The number of ether oxygens (including phenoxy) is 1. The topological polar surface area (TPSA) is 71.5 Å². The number of thiazole rings is 1. The highest BCUT2D eigenvalue weighted by Gasteiger charge is 2.17. The molecule has 22 heavy (non-hydrogen) atoms. The van der Waals surface area contributed by atoms with Crippen LogP contribution in [0.25, 0.3) is 0 Å². The first-order valence-electron chi connectivity index (χ1n) is 6.80. The van der Waals surface area contributed by atoms with Crippen LogP contribution >= 0.6 is 22.9 Å². The van der Waals surface area contributed by atoms with Crippen molar-refractivity contribution in [3.8, 4) is 5.75 Å². The second-order valence-electron chi connectivity index (χ2n) is 4.78. The molecule has 1 aromatic carbocycles. The highest BCUT2D eigenvalue weighted by molar-refractivity contribution is 7.17. The smallest absolute Gasteiger partial charge is 0.347 e. The Morgan fingerprint density at radius 1 is 1.50 bits per heavy atom. The fourth-order valence-electron chi connectivity index (χ4n) is 2.02. The summed E-state index contributed by atoms with van der Waals surface area (Å²) in [5.41, 5.74) is 2.21. The fourth-order valence-corrected chi connectivity index (χ4v) is 3.04. The largest absolute Gasteiger partial charge is 0.495 e. The van der Waals surface area contributed by atoms with Crippen molar-refractivity contribution in [3.63, 3.8) is 0 Å². The monoisotopic (exact) mass is 340 g/mol. The van der Waals surface area contributed by atoms with E-state index in [-0.39, 0.29) is 4.88 Å². The van der Waals surface area contributed by atoms with E-state index < -0.39 is 5.97 Å². The van der Waals surface area contributed by atoms with Gasteiger partial charge in [-0.2, -0.15) is 0 Å². The number of anilines is 2. The van der Waals surface area contributed by atoms with Gasteiger partial charge in [0.25, 0.3) is 0 Å². The van der Waals surface area contributed by atoms with E-state index in [1.54, 1.807) is 13.2 Å². The molecule has 7 heteroatoms. The highest BCUT2D eigenvalue weighted by atomic mass is 35.5. The van der Waals surface area contributed by atoms with E-state index in [1.807, 2.05) is 19.9 Å². The lowest BCUT2D eigenvalue weighted by atomic mass is 10.2. The van der Waals surface area contributed by atoms with Gasteiger partial charge >= 0.3 is 5.97 Å². The van der Waals surface area contributed by atoms with Gasteiger partial charge in [0.05, 0.1) is 18.5 Å². The summed E-state index contributed by atoms with van der Waals surface area (Å²) in [6, 6.07) is 3.57. The van der Waals surface area contributed by atoms with E-state index in [4.69, 9.17) is 16.3 Å². The van der Waals surface area contributed by atoms with E-state index >= 15 is 0 Å². The summed E-state index contributed by atoms with van der Waals surface area (Å²) in [6.45, 7) is 3.88. The zero-order valence-corrected chi connectivity index (χ0v) is 14.1. The summed E-state index contributed by atoms with van der Waals surface area (Å²) in [4.78, 5) is 15.9. The van der Waals surface area contributed by atoms with Crippen LogP contribution in [0.4, 0.5) is 10.8 Å². The molecule has 0 atom stereocenters. The number of methoxy groups -OCH3 is 1. The molecule has 0 aliphatic rings. The SMILES string of the molecule is CCCc1nc(Nc2cc(C)c(Cl)cc2OC)sc1C(=O)O. The van der Waals surface area contributed by atoms with Crippen LogP contribution in [0.3, 0.4) is 0 Å². The van der Waals surface area contributed by atoms with Gasteiger partial charge in [0.2, 0.25) is 0 Å². The molecular weight excluding hydrogens is 324 g/mol. The number of hydrogen-bond acceptors (Lipinski definition) is 5. The third-order valence-corrected chi connectivity index (χ3v) is 4.51. The molecule has 2 aromatic rings. The van der Waals surface area contributed by atoms with E-state index in [9.17, 15) is 9.90 Å². The molecule has 0 saturated carbocycles. The maximum absolute atomic E-state index is 11.3. The standard InChI is InChI=1S/C15H17ClN2O3S/c1-4-5-10-13(14(19)20)22-15(17-10)18-11-6-8(2)9(16)7-12(11)21-3/h6-7H,4-5H2,1-3H3,(H,17,18)(H,19,20). The normalized spacial score (nSPS) is 10.5. The maximum atomic E-state index is 11.3. The third kappa shape index (κ3) is 3.51. The Morgan fingerprint density at radius 3 is 2.82 bits per heavy atom. The van der Waals surface area contributed by atoms with Crippen molar-refractivity contribution in [2.45, 2.75) is 26.7 Å². The molecule has 5 nitrogen and oxygen atoms in total. The highest BCUT2D eigenvalue weighted by Crippen LogP contribution is 2.35. The van der Waals surface area contributed by atoms with Crippen molar-refractivity contribution < 1.29 is 14.6 Å². The number of halogens is 1. The minimum atomic E-state index is -0.951. The Hall–Kier alpha value is -1.79. The van der Waals surface area contributed by atoms with Crippen LogP contribution in [-0.2, 0) is 6.42 Å². The maximum Gasteiger partial charge on any atom is 0.347 e. The summed E-state index contributed by atoms with van der Waals surface area (Å²) in [6.07, 6.45) is 1.48. The molecule has 0 aliphatic heterocycles. The number of carboxylic acid groups (broad SMARTS) is 1. The van der Waals surface area contributed by atoms with Gasteiger partial charge in [-0.1, -0.05) is 36.3 Å². The predicted octanol–water partition coefficient (Wildman–Crippen LogP) is 4.51. The number of nitrogens with one attached hydrogen (secondary N) is 1. The van der Waals surface area contributed by atoms with Gasteiger partial charge in [0, 0.05) is 11.1 Å². The van der Waals surface area contributed by atoms with E-state index in [1.165, 1.54) is 0 Å². The van der Waals surface area contributed by atoms with Crippen LogP contribution in [0.5, 0.6) is 5.75 Å². The number of carbonyl (C=O) groups is 1. The van der Waals surface area contributed by atoms with Crippen molar-refractivity contribution in [2.24, 2.45) is 0 Å². The molecule has 0 spiro atoms. The summed E-state index contributed by atoms with van der Waals surface area (Å²) in [7, 11) is 1.55. The summed E-state index contributed by atoms with van der Waals surface area (Å²) in [5.74, 6) is -0.368. The van der Waals surface area contributed by atoms with Crippen LogP contribution in [-0.4, -0.2) is 23.2 Å². The van der Waals surface area contributed by atoms with Gasteiger partial charge in [0.15, 0.2) is 5.13 Å². The van der Waals surface area contributed by atoms with Crippen LogP contribution in [0.2, 0.25) is 5.02 Å². The number of benzene rings is 1. The Labute approximate surface area is 137 Å². The molecular formula is C15H17ClN2O3S. The zero-order chi connectivity index (χ0) is 16.3. The second kappa shape index (κ2) is 6.98. The Kier molecular flexibility index (Phi) is 5.26. The number of carboxylic acids is 1. The Balaban J connectivity index is 2.37. The molecule has 0 bridgehead atoms. The van der Waals surface area contributed by atoms with Crippen LogP contribution < -0.4 is 10.1 Å². The zero-order valence-electron chi connectivity index (χ0n) is 12.6. The molecule has 118 valence electrons. The first-order chi connectivity index (χ1) is 10.5. The number of aryl methyl sites for hydroxylation is 2. The molecule has 0 fully saturated rings. The number of aromatic nitrogens is 1. The molecule has 1 heterocycles. The summed E-state index contributed by atoms with van der Waals surface area (Å²) >= 11 is 7.20. The second-order valence-corrected chi connectivity index (χ2v) is 6.18. The molecule has 1 aromatic heterocycles.